The molecule has 0 amide bonds. The summed E-state index contributed by atoms with van der Waals surface area (Å²) < 4.78 is 5.83. The average Bonchev–Trinajstić information content (AvgIpc) is 3.34. The second-order valence-corrected chi connectivity index (χ2v) is 13.5. The molecule has 3 saturated carbocycles. The minimum Gasteiger partial charge on any atom is -0.396 e. The van der Waals surface area contributed by atoms with Crippen molar-refractivity contribution in [3.63, 3.8) is 0 Å². The van der Waals surface area contributed by atoms with Crippen LogP contribution < -0.4 is 0 Å². The Morgan fingerprint density at radius 1 is 1.05 bits per heavy atom. The van der Waals surface area contributed by atoms with Crippen molar-refractivity contribution in [3.8, 4) is 0 Å². The maximum Gasteiger partial charge on any atom is 0.145 e. The van der Waals surface area contributed by atoms with Crippen molar-refractivity contribution in [1.29, 1.82) is 0 Å². The molecule has 0 heterocycles. The first-order valence-corrected chi connectivity index (χ1v) is 16.7. The fourth-order valence-electron chi connectivity index (χ4n) is 8.18. The molecule has 0 aromatic rings. The van der Waals surface area contributed by atoms with Gasteiger partial charge in [0.1, 0.15) is 6.29 Å². The van der Waals surface area contributed by atoms with E-state index in [-0.39, 0.29) is 31.7 Å². The fourth-order valence-corrected chi connectivity index (χ4v) is 8.18. The number of aliphatic hydroxyl groups is 4. The van der Waals surface area contributed by atoms with E-state index in [1.54, 1.807) is 5.57 Å². The van der Waals surface area contributed by atoms with E-state index >= 15 is 0 Å². The van der Waals surface area contributed by atoms with Crippen LogP contribution in [0.25, 0.3) is 0 Å². The molecule has 4 N–H and O–H groups in total. The van der Waals surface area contributed by atoms with Crippen LogP contribution in [0, 0.1) is 17.3 Å². The second-order valence-electron chi connectivity index (χ2n) is 13.5. The van der Waals surface area contributed by atoms with Crippen molar-refractivity contribution in [2.24, 2.45) is 17.3 Å². The number of allylic oxidation sites excluding steroid dienone is 9. The number of aliphatic hydroxyl groups excluding tert-OH is 3. The van der Waals surface area contributed by atoms with Gasteiger partial charge in [0.05, 0.1) is 31.5 Å². The molecular weight excluding hydrogens is 540 g/mol. The van der Waals surface area contributed by atoms with E-state index in [4.69, 9.17) is 4.74 Å². The largest absolute Gasteiger partial charge is 0.396 e. The lowest BCUT2D eigenvalue weighted by Crippen LogP contribution is -2.59. The van der Waals surface area contributed by atoms with Crippen molar-refractivity contribution in [2.75, 3.05) is 26.4 Å². The highest BCUT2D eigenvalue weighted by Crippen LogP contribution is 2.63. The summed E-state index contributed by atoms with van der Waals surface area (Å²) in [7, 11) is 0. The van der Waals surface area contributed by atoms with Crippen LogP contribution in [0.1, 0.15) is 111 Å². The van der Waals surface area contributed by atoms with Crippen molar-refractivity contribution >= 4 is 6.29 Å². The highest BCUT2D eigenvalue weighted by Gasteiger charge is 2.63. The third-order valence-corrected chi connectivity index (χ3v) is 10.5. The van der Waals surface area contributed by atoms with Crippen molar-refractivity contribution < 1.29 is 30.0 Å². The van der Waals surface area contributed by atoms with E-state index in [2.05, 4.69) is 38.2 Å². The normalized spacial score (nSPS) is 31.1. The third kappa shape index (κ3) is 8.67. The van der Waals surface area contributed by atoms with Crippen LogP contribution in [0.5, 0.6) is 0 Å². The molecule has 6 heteroatoms. The first-order valence-electron chi connectivity index (χ1n) is 16.7. The summed E-state index contributed by atoms with van der Waals surface area (Å²) in [5.41, 5.74) is 5.00. The molecule has 0 aliphatic heterocycles. The highest BCUT2D eigenvalue weighted by molar-refractivity contribution is 5.74. The van der Waals surface area contributed by atoms with E-state index in [0.29, 0.717) is 50.7 Å². The lowest BCUT2D eigenvalue weighted by molar-refractivity contribution is -0.167. The van der Waals surface area contributed by atoms with Gasteiger partial charge in [-0.15, -0.1) is 0 Å². The highest BCUT2D eigenvalue weighted by atomic mass is 16.5. The Kier molecular flexibility index (Phi) is 14.1. The number of carbonyl (C=O) groups excluding carboxylic acids is 1. The Morgan fingerprint density at radius 3 is 2.44 bits per heavy atom. The number of ether oxygens (including phenoxy) is 1. The molecule has 1 spiro atoms. The van der Waals surface area contributed by atoms with E-state index < -0.39 is 17.1 Å². The van der Waals surface area contributed by atoms with Crippen LogP contribution in [-0.4, -0.2) is 64.8 Å². The van der Waals surface area contributed by atoms with Gasteiger partial charge in [-0.2, -0.15) is 0 Å². The number of hydrogen-bond donors (Lipinski definition) is 4. The van der Waals surface area contributed by atoms with Gasteiger partial charge in [-0.3, -0.25) is 4.79 Å². The first kappa shape index (κ1) is 35.6. The van der Waals surface area contributed by atoms with Crippen LogP contribution in [0.2, 0.25) is 0 Å². The second kappa shape index (κ2) is 17.0. The summed E-state index contributed by atoms with van der Waals surface area (Å²) in [6.07, 6.45) is 20.5. The topological polar surface area (TPSA) is 107 Å². The lowest BCUT2D eigenvalue weighted by Gasteiger charge is -2.55. The zero-order valence-corrected chi connectivity index (χ0v) is 27.2. The van der Waals surface area contributed by atoms with Crippen molar-refractivity contribution in [2.45, 2.75) is 123 Å². The summed E-state index contributed by atoms with van der Waals surface area (Å²) >= 11 is 0. The van der Waals surface area contributed by atoms with Crippen molar-refractivity contribution in [3.05, 3.63) is 57.7 Å². The van der Waals surface area contributed by atoms with E-state index in [0.717, 1.165) is 43.1 Å². The summed E-state index contributed by atoms with van der Waals surface area (Å²) in [4.78, 5) is 11.9. The van der Waals surface area contributed by atoms with Gasteiger partial charge in [-0.05, 0) is 127 Å². The van der Waals surface area contributed by atoms with E-state index in [1.807, 2.05) is 13.8 Å². The van der Waals surface area contributed by atoms with Gasteiger partial charge in [-0.25, -0.2) is 0 Å². The molecule has 0 bridgehead atoms. The van der Waals surface area contributed by atoms with Gasteiger partial charge >= 0.3 is 0 Å². The quantitative estimate of drug-likeness (QED) is 0.0584. The van der Waals surface area contributed by atoms with Gasteiger partial charge in [0.15, 0.2) is 0 Å². The lowest BCUT2D eigenvalue weighted by atomic mass is 9.52. The van der Waals surface area contributed by atoms with Gasteiger partial charge in [0.25, 0.3) is 0 Å². The Bertz CT molecular complexity index is 1060. The van der Waals surface area contributed by atoms with Crippen LogP contribution in [0.3, 0.4) is 0 Å². The molecule has 3 fully saturated rings. The van der Waals surface area contributed by atoms with Gasteiger partial charge < -0.3 is 25.2 Å². The standard InChI is InChI=1S/C37H58O6/c1-27(2)11-8-14-30(29-12-6-5-7-13-29)15-9-16-31(26-43-24-23-39)33-19-21-37(35(33)41)34(17-10-22-38)32(28(3)25-40)18-20-36(37,4)42/h9,11,15-16,25,33-35,38-39,41-42H,5-8,10,12-14,17-24,26H2,1-4H3/b15-9+,31-16-,32-28-/t33-,34-,35+,36+,37+/m0/s1. The Labute approximate surface area is 260 Å². The number of hydrogen-bond acceptors (Lipinski definition) is 6. The average molecular weight is 599 g/mol. The Balaban J connectivity index is 1.99. The molecule has 6 nitrogen and oxygen atoms in total. The number of carbonyl (C=O) groups is 1. The number of aldehydes is 1. The SMILES string of the molecule is CC(C)=CCCC(/C=C/C=C(/COCCO)[C@@H]1CC[C@]2([C@@H]1O)[C@@H](CCCO)/C(=C(/C)C=O)CC[C@@]2(C)O)=C1CCCCC1. The summed E-state index contributed by atoms with van der Waals surface area (Å²) in [5, 5.41) is 43.3. The molecule has 3 aliphatic rings. The molecule has 0 radical (unpaired) electrons. The minimum atomic E-state index is -1.12. The monoisotopic (exact) mass is 598 g/mol. The van der Waals surface area contributed by atoms with Crippen LogP contribution >= 0.6 is 0 Å². The minimum absolute atomic E-state index is 0.0259. The molecule has 0 saturated heterocycles. The predicted molar refractivity (Wildman–Crippen MR) is 173 cm³/mol. The zero-order valence-electron chi connectivity index (χ0n) is 27.2. The molecule has 3 aliphatic carbocycles. The van der Waals surface area contributed by atoms with Crippen LogP contribution in [-0.2, 0) is 9.53 Å². The number of rotatable bonds is 14. The smallest absolute Gasteiger partial charge is 0.145 e. The fraction of sp³-hybridized carbons (Fsp3) is 0.703. The third-order valence-electron chi connectivity index (χ3n) is 10.5. The van der Waals surface area contributed by atoms with Gasteiger partial charge in [0.2, 0.25) is 0 Å². The summed E-state index contributed by atoms with van der Waals surface area (Å²) in [5.74, 6) is -0.416. The molecular formula is C37H58O6. The molecule has 0 aromatic heterocycles. The molecule has 242 valence electrons. The van der Waals surface area contributed by atoms with E-state index in [1.165, 1.54) is 30.4 Å². The maximum absolute atomic E-state index is 12.2. The molecule has 43 heavy (non-hydrogen) atoms. The molecule has 0 aromatic carbocycles. The summed E-state index contributed by atoms with van der Waals surface area (Å²) in [6.45, 7) is 8.42. The van der Waals surface area contributed by atoms with Crippen molar-refractivity contribution in [1.82, 2.24) is 0 Å². The molecule has 5 atom stereocenters. The van der Waals surface area contributed by atoms with Gasteiger partial charge in [0, 0.05) is 17.9 Å². The summed E-state index contributed by atoms with van der Waals surface area (Å²) in [6, 6.07) is 0. The van der Waals surface area contributed by atoms with Gasteiger partial charge in [-0.1, -0.05) is 47.4 Å². The maximum atomic E-state index is 12.2. The Morgan fingerprint density at radius 2 is 1.79 bits per heavy atom. The van der Waals surface area contributed by atoms with E-state index in [9.17, 15) is 25.2 Å². The van der Waals surface area contributed by atoms with Crippen LogP contribution in [0.4, 0.5) is 0 Å². The van der Waals surface area contributed by atoms with Crippen LogP contribution in [0.15, 0.2) is 57.7 Å². The first-order chi connectivity index (χ1) is 20.6. The predicted octanol–water partition coefficient (Wildman–Crippen LogP) is 6.69. The zero-order chi connectivity index (χ0) is 31.5. The molecule has 3 rings (SSSR count). The Hall–Kier alpha value is -1.83. The molecule has 0 unspecified atom stereocenters.